The van der Waals surface area contributed by atoms with Gasteiger partial charge in [0.25, 0.3) is 0 Å². The molecule has 1 aromatic carbocycles. The summed E-state index contributed by atoms with van der Waals surface area (Å²) in [4.78, 5) is 10.3. The normalized spacial score (nSPS) is 10.5. The molecule has 2 nitrogen and oxygen atoms in total. The van der Waals surface area contributed by atoms with E-state index in [9.17, 15) is 23.1 Å². The van der Waals surface area contributed by atoms with Crippen LogP contribution in [0.5, 0.6) is 0 Å². The zero-order valence-electron chi connectivity index (χ0n) is 7.26. The van der Waals surface area contributed by atoms with Crippen LogP contribution in [0.1, 0.15) is 15.9 Å². The van der Waals surface area contributed by atoms with E-state index in [1.165, 1.54) is 6.07 Å². The van der Waals surface area contributed by atoms with Gasteiger partial charge in [-0.15, -0.1) is 0 Å². The van der Waals surface area contributed by atoms with Crippen molar-refractivity contribution in [3.05, 3.63) is 35.4 Å². The summed E-state index contributed by atoms with van der Waals surface area (Å²) in [6, 6.07) is 3.89. The quantitative estimate of drug-likeness (QED) is 0.525. The number of hydrogen-bond acceptors (Lipinski definition) is 2. The summed E-state index contributed by atoms with van der Waals surface area (Å²) in [5.74, 6) is -1.83. The number of hydrogen-bond donors (Lipinski definition) is 0. The van der Waals surface area contributed by atoms with Gasteiger partial charge in [0.1, 0.15) is 0 Å². The van der Waals surface area contributed by atoms with Crippen molar-refractivity contribution in [1.82, 2.24) is 0 Å². The molecule has 6 heteroatoms. The first-order valence-electron chi connectivity index (χ1n) is 3.30. The third-order valence-corrected chi connectivity index (χ3v) is 1.45. The van der Waals surface area contributed by atoms with Crippen molar-refractivity contribution in [1.29, 1.82) is 0 Å². The molecule has 0 fully saturated rings. The van der Waals surface area contributed by atoms with E-state index in [0.717, 1.165) is 12.1 Å². The van der Waals surface area contributed by atoms with Gasteiger partial charge >= 0.3 is 57.6 Å². The predicted octanol–water partition coefficient (Wildman–Crippen LogP) is -1.93. The molecular formula is C8H4F3KO2. The van der Waals surface area contributed by atoms with E-state index in [1.54, 1.807) is 0 Å². The number of alkyl halides is 3. The Morgan fingerprint density at radius 1 is 1.21 bits per heavy atom. The molecule has 0 N–H and O–H groups in total. The van der Waals surface area contributed by atoms with Gasteiger partial charge in [-0.3, -0.25) is 0 Å². The molecule has 0 bridgehead atoms. The van der Waals surface area contributed by atoms with Gasteiger partial charge in [-0.25, -0.2) is 0 Å². The second kappa shape index (κ2) is 5.27. The fourth-order valence-electron chi connectivity index (χ4n) is 0.908. The first kappa shape index (κ1) is 14.1. The molecule has 0 aliphatic rings. The Kier molecular flexibility index (Phi) is 5.31. The molecule has 0 aromatic heterocycles. The van der Waals surface area contributed by atoms with Gasteiger partial charge in [-0.05, 0) is 6.07 Å². The Balaban J connectivity index is 0.00000169. The summed E-state index contributed by atoms with van der Waals surface area (Å²) < 4.78 is 36.4. The molecule has 0 heterocycles. The molecule has 1 rings (SSSR count). The Morgan fingerprint density at radius 2 is 1.71 bits per heavy atom. The van der Waals surface area contributed by atoms with E-state index >= 15 is 0 Å². The van der Waals surface area contributed by atoms with Gasteiger partial charge in [-0.1, -0.05) is 18.2 Å². The molecule has 1 aromatic rings. The number of carbonyl (C=O) groups is 1. The Bertz CT molecular complexity index is 336. The fourth-order valence-corrected chi connectivity index (χ4v) is 0.908. The maximum Gasteiger partial charge on any atom is 1.00 e. The molecule has 0 saturated heterocycles. The van der Waals surface area contributed by atoms with Crippen LogP contribution in [-0.2, 0) is 6.18 Å². The number of benzene rings is 1. The van der Waals surface area contributed by atoms with Crippen molar-refractivity contribution in [2.24, 2.45) is 0 Å². The third-order valence-electron chi connectivity index (χ3n) is 1.45. The minimum atomic E-state index is -4.66. The zero-order chi connectivity index (χ0) is 10.1. The van der Waals surface area contributed by atoms with Crippen LogP contribution in [0.3, 0.4) is 0 Å². The summed E-state index contributed by atoms with van der Waals surface area (Å²) in [6.07, 6.45) is -4.66. The van der Waals surface area contributed by atoms with Crippen LogP contribution >= 0.6 is 0 Å². The standard InChI is InChI=1S/C8H5F3O2.K/c9-8(10,11)6-4-2-1-3-5(6)7(12)13;/h1-4H,(H,12,13);/q;+1/p-1. The number of halogens is 3. The number of carboxylic acid groups (broad SMARTS) is 1. The van der Waals surface area contributed by atoms with E-state index in [4.69, 9.17) is 0 Å². The second-order valence-corrected chi connectivity index (χ2v) is 2.33. The summed E-state index contributed by atoms with van der Waals surface area (Å²) in [5.41, 5.74) is -2.02. The number of carbonyl (C=O) groups excluding carboxylic acids is 1. The first-order chi connectivity index (χ1) is 5.93. The molecular weight excluding hydrogens is 224 g/mol. The fraction of sp³-hybridized carbons (Fsp3) is 0.125. The molecule has 0 saturated carbocycles. The van der Waals surface area contributed by atoms with Gasteiger partial charge in [0.05, 0.1) is 11.5 Å². The second-order valence-electron chi connectivity index (χ2n) is 2.33. The molecule has 0 atom stereocenters. The van der Waals surface area contributed by atoms with Gasteiger partial charge < -0.3 is 9.90 Å². The zero-order valence-corrected chi connectivity index (χ0v) is 10.4. The minimum absolute atomic E-state index is 0. The van der Waals surface area contributed by atoms with Crippen molar-refractivity contribution in [2.45, 2.75) is 6.18 Å². The van der Waals surface area contributed by atoms with Crippen LogP contribution in [0, 0.1) is 0 Å². The molecule has 0 spiro atoms. The van der Waals surface area contributed by atoms with Gasteiger partial charge in [0.2, 0.25) is 0 Å². The van der Waals surface area contributed by atoms with Crippen molar-refractivity contribution in [3.63, 3.8) is 0 Å². The van der Waals surface area contributed by atoms with Crippen LogP contribution in [0.4, 0.5) is 13.2 Å². The number of carboxylic acids is 1. The van der Waals surface area contributed by atoms with E-state index < -0.39 is 23.3 Å². The molecule has 0 unspecified atom stereocenters. The van der Waals surface area contributed by atoms with Crippen molar-refractivity contribution in [2.75, 3.05) is 0 Å². The Labute approximate surface area is 121 Å². The van der Waals surface area contributed by atoms with E-state index in [-0.39, 0.29) is 51.4 Å². The molecule has 14 heavy (non-hydrogen) atoms. The van der Waals surface area contributed by atoms with Crippen LogP contribution in [0.2, 0.25) is 0 Å². The number of rotatable bonds is 1. The molecule has 0 amide bonds. The van der Waals surface area contributed by atoms with Gasteiger partial charge in [-0.2, -0.15) is 13.2 Å². The van der Waals surface area contributed by atoms with E-state index in [1.807, 2.05) is 0 Å². The van der Waals surface area contributed by atoms with E-state index in [2.05, 4.69) is 0 Å². The third kappa shape index (κ3) is 3.36. The Morgan fingerprint density at radius 3 is 2.07 bits per heavy atom. The minimum Gasteiger partial charge on any atom is -0.545 e. The largest absolute Gasteiger partial charge is 1.00 e. The summed E-state index contributed by atoms with van der Waals surface area (Å²) in [5, 5.41) is 10.3. The van der Waals surface area contributed by atoms with Crippen LogP contribution in [0.15, 0.2) is 24.3 Å². The van der Waals surface area contributed by atoms with Crippen molar-refractivity contribution < 1.29 is 74.5 Å². The monoisotopic (exact) mass is 228 g/mol. The topological polar surface area (TPSA) is 40.1 Å². The van der Waals surface area contributed by atoms with Crippen molar-refractivity contribution in [3.8, 4) is 0 Å². The van der Waals surface area contributed by atoms with Gasteiger partial charge in [0, 0.05) is 5.56 Å². The first-order valence-corrected chi connectivity index (χ1v) is 3.30. The summed E-state index contributed by atoms with van der Waals surface area (Å²) >= 11 is 0. The van der Waals surface area contributed by atoms with E-state index in [0.29, 0.717) is 6.07 Å². The van der Waals surface area contributed by atoms with Crippen LogP contribution in [0.25, 0.3) is 0 Å². The molecule has 0 radical (unpaired) electrons. The van der Waals surface area contributed by atoms with Crippen LogP contribution < -0.4 is 56.5 Å². The Hall–Kier alpha value is 0.116. The molecule has 0 aliphatic carbocycles. The smallest absolute Gasteiger partial charge is 0.545 e. The average Bonchev–Trinajstić information content (AvgIpc) is 2.03. The molecule has 0 aliphatic heterocycles. The van der Waals surface area contributed by atoms with Crippen LogP contribution in [-0.4, -0.2) is 5.97 Å². The maximum atomic E-state index is 12.1. The summed E-state index contributed by atoms with van der Waals surface area (Å²) in [7, 11) is 0. The maximum absolute atomic E-state index is 12.1. The van der Waals surface area contributed by atoms with Gasteiger partial charge in [0.15, 0.2) is 0 Å². The predicted molar refractivity (Wildman–Crippen MR) is 35.8 cm³/mol. The average molecular weight is 228 g/mol. The van der Waals surface area contributed by atoms with Crippen molar-refractivity contribution >= 4 is 5.97 Å². The SMILES string of the molecule is O=C([O-])c1ccccc1C(F)(F)F.[K+]. The summed E-state index contributed by atoms with van der Waals surface area (Å²) in [6.45, 7) is 0. The molecule has 70 valence electrons. The number of aromatic carboxylic acids is 1.